The van der Waals surface area contributed by atoms with Crippen molar-refractivity contribution in [3.05, 3.63) is 124 Å². The number of aliphatic hydroxyl groups excluding tert-OH is 1. The Morgan fingerprint density at radius 2 is 1.38 bits per heavy atom. The number of hydrogen-bond donors (Lipinski definition) is 3. The van der Waals surface area contributed by atoms with E-state index in [1.54, 1.807) is 101 Å². The highest BCUT2D eigenvalue weighted by atomic mass is 79.9. The van der Waals surface area contributed by atoms with Crippen molar-refractivity contribution in [1.29, 1.82) is 0 Å². The van der Waals surface area contributed by atoms with E-state index in [0.717, 1.165) is 14.6 Å². The van der Waals surface area contributed by atoms with E-state index in [2.05, 4.69) is 36.3 Å². The number of carbonyl (C=O) groups excluding carboxylic acids is 1. The molecule has 7 rings (SSSR count). The predicted octanol–water partition coefficient (Wildman–Crippen LogP) is 7.01. The second-order valence-corrected chi connectivity index (χ2v) is 22.1. The summed E-state index contributed by atoms with van der Waals surface area (Å²) in [6.07, 6.45) is -0.857. The Hall–Kier alpha value is -6.01. The van der Waals surface area contributed by atoms with Crippen LogP contribution in [-0.4, -0.2) is 104 Å². The molecule has 0 bridgehead atoms. The van der Waals surface area contributed by atoms with E-state index in [1.165, 1.54) is 42.5 Å². The number of nitrogens with zero attached hydrogens (tertiary/aromatic N) is 6. The molecule has 1 amide bonds. The minimum Gasteiger partial charge on any atom is -0.497 e. The lowest BCUT2D eigenvalue weighted by Gasteiger charge is -2.27. The van der Waals surface area contributed by atoms with Gasteiger partial charge in [0.1, 0.15) is 32.6 Å². The van der Waals surface area contributed by atoms with E-state index >= 15 is 16.8 Å². The van der Waals surface area contributed by atoms with Crippen molar-refractivity contribution >= 4 is 63.6 Å². The van der Waals surface area contributed by atoms with Crippen molar-refractivity contribution in [2.24, 2.45) is 0 Å². The third kappa shape index (κ3) is 11.8. The smallest absolute Gasteiger partial charge is 0.407 e. The molecule has 0 saturated carbocycles. The lowest BCUT2D eigenvalue weighted by Crippen LogP contribution is -2.47. The number of benzene rings is 5. The van der Waals surface area contributed by atoms with Gasteiger partial charge in [0.15, 0.2) is 3.92 Å². The van der Waals surface area contributed by atoms with Crippen LogP contribution in [-0.2, 0) is 44.4 Å². The van der Waals surface area contributed by atoms with Gasteiger partial charge < -0.3 is 29.4 Å². The number of para-hydroxylation sites is 1. The zero-order chi connectivity index (χ0) is 48.8. The maximum Gasteiger partial charge on any atom is 0.407 e. The van der Waals surface area contributed by atoms with Gasteiger partial charge in [0.05, 0.1) is 56.3 Å². The normalized spacial score (nSPS) is 12.5. The average Bonchev–Trinajstić information content (AvgIpc) is 3.95. The SMILES string of the molecule is COc1ccc(CN(Cc2ccc(OC)cc2)S(=O)(=O)c2c(S(=O)(=O)N[C@@H](CO)CNC(=O)OC(C)(C)C)ccc(-c3cccc4sc(Br)nc34)c2-c2nnn(Cc3ccc(OC)cc3)n2)cc1. The van der Waals surface area contributed by atoms with Crippen molar-refractivity contribution in [1.82, 2.24) is 39.5 Å². The van der Waals surface area contributed by atoms with Gasteiger partial charge in [0, 0.05) is 25.2 Å². The van der Waals surface area contributed by atoms with Gasteiger partial charge in [-0.05, 0) is 113 Å². The van der Waals surface area contributed by atoms with Gasteiger partial charge in [-0.1, -0.05) is 54.6 Å². The van der Waals surface area contributed by atoms with Crippen molar-refractivity contribution in [2.75, 3.05) is 34.5 Å². The number of ether oxygens (including phenoxy) is 4. The first kappa shape index (κ1) is 49.9. The molecule has 3 N–H and O–H groups in total. The Morgan fingerprint density at radius 1 is 0.809 bits per heavy atom. The van der Waals surface area contributed by atoms with Crippen molar-refractivity contribution in [3.8, 4) is 39.8 Å². The summed E-state index contributed by atoms with van der Waals surface area (Å²) < 4.78 is 88.5. The lowest BCUT2D eigenvalue weighted by molar-refractivity contribution is 0.0519. The monoisotopic (exact) mass is 1050 g/mol. The first-order chi connectivity index (χ1) is 32.4. The van der Waals surface area contributed by atoms with Gasteiger partial charge in [0.2, 0.25) is 25.9 Å². The van der Waals surface area contributed by atoms with Gasteiger partial charge in [-0.2, -0.15) is 9.10 Å². The number of sulfonamides is 2. The molecule has 18 nitrogen and oxygen atoms in total. The number of tetrazole rings is 1. The Balaban J connectivity index is 1.48. The molecule has 68 heavy (non-hydrogen) atoms. The van der Waals surface area contributed by atoms with Crippen LogP contribution in [0.3, 0.4) is 0 Å². The molecule has 2 aromatic heterocycles. The fourth-order valence-electron chi connectivity index (χ4n) is 7.09. The highest BCUT2D eigenvalue weighted by Crippen LogP contribution is 2.44. The van der Waals surface area contributed by atoms with E-state index in [4.69, 9.17) is 29.0 Å². The number of aromatic nitrogens is 5. The Kier molecular flexibility index (Phi) is 15.5. The highest BCUT2D eigenvalue weighted by molar-refractivity contribution is 9.11. The van der Waals surface area contributed by atoms with Crippen LogP contribution in [0.2, 0.25) is 0 Å². The van der Waals surface area contributed by atoms with Crippen LogP contribution in [0.4, 0.5) is 4.79 Å². The number of aliphatic hydroxyl groups is 1. The number of nitrogens with one attached hydrogen (secondary N) is 2. The molecule has 2 heterocycles. The summed E-state index contributed by atoms with van der Waals surface area (Å²) in [6.45, 7) is 3.41. The summed E-state index contributed by atoms with van der Waals surface area (Å²) >= 11 is 4.84. The molecule has 5 aromatic carbocycles. The lowest BCUT2D eigenvalue weighted by atomic mass is 9.98. The van der Waals surface area contributed by atoms with Gasteiger partial charge in [0.25, 0.3) is 0 Å². The zero-order valence-corrected chi connectivity index (χ0v) is 41.9. The number of thiazole rings is 1. The van der Waals surface area contributed by atoms with Crippen LogP contribution < -0.4 is 24.2 Å². The van der Waals surface area contributed by atoms with Crippen LogP contribution in [0.25, 0.3) is 32.7 Å². The van der Waals surface area contributed by atoms with Crippen LogP contribution in [0.1, 0.15) is 37.5 Å². The minimum atomic E-state index is -5.00. The number of fused-ring (bicyclic) bond motifs is 1. The minimum absolute atomic E-state index is 0.104. The first-order valence-electron chi connectivity index (χ1n) is 20.9. The van der Waals surface area contributed by atoms with E-state index in [9.17, 15) is 9.90 Å². The molecular formula is C46H49BrN8O10S3. The van der Waals surface area contributed by atoms with E-state index in [-0.39, 0.29) is 36.6 Å². The Labute approximate surface area is 406 Å². The van der Waals surface area contributed by atoms with Crippen molar-refractivity contribution in [2.45, 2.75) is 61.8 Å². The molecule has 0 saturated heterocycles. The van der Waals surface area contributed by atoms with Gasteiger partial charge in [-0.15, -0.1) is 21.5 Å². The zero-order valence-electron chi connectivity index (χ0n) is 37.8. The van der Waals surface area contributed by atoms with Crippen LogP contribution >= 0.6 is 27.3 Å². The summed E-state index contributed by atoms with van der Waals surface area (Å²) in [6, 6.07) is 27.5. The van der Waals surface area contributed by atoms with E-state index in [1.807, 2.05) is 18.2 Å². The van der Waals surface area contributed by atoms with Gasteiger partial charge >= 0.3 is 6.09 Å². The van der Waals surface area contributed by atoms with Crippen LogP contribution in [0, 0.1) is 0 Å². The number of amides is 1. The summed E-state index contributed by atoms with van der Waals surface area (Å²) in [7, 11) is -5.36. The second kappa shape index (κ2) is 21.1. The largest absolute Gasteiger partial charge is 0.497 e. The topological polar surface area (TPSA) is 226 Å². The van der Waals surface area contributed by atoms with Gasteiger partial charge in [-0.25, -0.2) is 31.3 Å². The fourth-order valence-corrected chi connectivity index (χ4v) is 12.1. The summed E-state index contributed by atoms with van der Waals surface area (Å²) in [4.78, 5) is 17.3. The van der Waals surface area contributed by atoms with E-state index in [0.29, 0.717) is 43.4 Å². The average molecular weight is 1050 g/mol. The molecule has 0 aliphatic rings. The molecule has 0 aliphatic heterocycles. The molecule has 0 fully saturated rings. The number of halogens is 1. The molecular weight excluding hydrogens is 1000 g/mol. The third-order valence-electron chi connectivity index (χ3n) is 10.3. The van der Waals surface area contributed by atoms with Crippen molar-refractivity contribution < 1.29 is 45.7 Å². The summed E-state index contributed by atoms with van der Waals surface area (Å²) in [5.74, 6) is 1.50. The molecule has 0 spiro atoms. The molecule has 0 unspecified atom stereocenters. The number of alkyl carbamates (subject to hydrolysis) is 1. The maximum atomic E-state index is 16.1. The number of carbonyl (C=O) groups is 1. The third-order valence-corrected chi connectivity index (χ3v) is 15.4. The molecule has 7 aromatic rings. The number of rotatable bonds is 19. The van der Waals surface area contributed by atoms with Crippen LogP contribution in [0.5, 0.6) is 17.2 Å². The molecule has 22 heteroatoms. The standard InChI is InChI=1S/C46H49BrN8O10S3/c1-46(2,3)65-45(57)48-24-32(28-56)52-67(58,59)39-23-22-36(37-8-7-9-38-41(37)49-44(47)66-38)40(43-50-53-55(51-43)27-31-14-20-35(64-6)21-15-31)42(39)68(60,61)54(25-29-10-16-33(62-4)17-11-29)26-30-12-18-34(63-5)19-13-30/h7-23,32,52,56H,24-28H2,1-6H3,(H,48,57)/t32-/m1/s1. The molecule has 1 atom stereocenters. The summed E-state index contributed by atoms with van der Waals surface area (Å²) in [5.41, 5.74) is 1.99. The maximum absolute atomic E-state index is 16.1. The quantitative estimate of drug-likeness (QED) is 0.0741. The summed E-state index contributed by atoms with van der Waals surface area (Å²) in [5, 5.41) is 26.4. The molecule has 358 valence electrons. The first-order valence-corrected chi connectivity index (χ1v) is 25.4. The Morgan fingerprint density at radius 3 is 1.93 bits per heavy atom. The van der Waals surface area contributed by atoms with Crippen LogP contribution in [0.15, 0.2) is 117 Å². The predicted molar refractivity (Wildman–Crippen MR) is 260 cm³/mol. The fraction of sp³-hybridized carbons (Fsp3) is 0.283. The van der Waals surface area contributed by atoms with Gasteiger partial charge in [-0.3, -0.25) is 0 Å². The molecule has 0 aliphatic carbocycles. The van der Waals surface area contributed by atoms with Crippen molar-refractivity contribution in [3.63, 3.8) is 0 Å². The second-order valence-electron chi connectivity index (χ2n) is 16.3. The number of hydrogen-bond acceptors (Lipinski definition) is 15. The van der Waals surface area contributed by atoms with E-state index < -0.39 is 60.7 Å². The number of methoxy groups -OCH3 is 3. The highest BCUT2D eigenvalue weighted by Gasteiger charge is 2.39. The Bertz CT molecular complexity index is 3060. The molecule has 0 radical (unpaired) electrons.